The van der Waals surface area contributed by atoms with Crippen molar-refractivity contribution in [3.05, 3.63) is 74.5 Å². The third-order valence-corrected chi connectivity index (χ3v) is 6.05. The number of benzene rings is 2. The lowest BCUT2D eigenvalue weighted by Crippen LogP contribution is -2.20. The first-order chi connectivity index (χ1) is 15.5. The molecule has 0 amide bonds. The van der Waals surface area contributed by atoms with Crippen LogP contribution in [-0.4, -0.2) is 22.7 Å². The van der Waals surface area contributed by atoms with Gasteiger partial charge in [-0.05, 0) is 36.8 Å². The Bertz CT molecular complexity index is 1240. The maximum Gasteiger partial charge on any atom is 0.339 e. The largest absolute Gasteiger partial charge is 0.467 e. The van der Waals surface area contributed by atoms with Crippen LogP contribution < -0.4 is 4.74 Å². The summed E-state index contributed by atoms with van der Waals surface area (Å²) in [6.45, 7) is 2.29. The van der Waals surface area contributed by atoms with Crippen LogP contribution in [0, 0.1) is 16.0 Å². The fourth-order valence-corrected chi connectivity index (χ4v) is 4.50. The second-order valence-corrected chi connectivity index (χ2v) is 8.31. The first kappa shape index (κ1) is 20.4. The van der Waals surface area contributed by atoms with Crippen LogP contribution in [0.15, 0.2) is 36.4 Å². The first-order valence-electron chi connectivity index (χ1n) is 10.6. The number of para-hydroxylation sites is 1. The van der Waals surface area contributed by atoms with Crippen LogP contribution in [0.4, 0.5) is 5.69 Å². The summed E-state index contributed by atoms with van der Waals surface area (Å²) in [6.07, 6.45) is 2.63. The molecule has 8 heteroatoms. The van der Waals surface area contributed by atoms with Gasteiger partial charge in [-0.25, -0.2) is 4.79 Å². The van der Waals surface area contributed by atoms with Gasteiger partial charge in [0.25, 0.3) is 5.69 Å². The molecule has 2 heterocycles. The van der Waals surface area contributed by atoms with Crippen molar-refractivity contribution >= 4 is 22.6 Å². The monoisotopic (exact) mass is 434 g/mol. The van der Waals surface area contributed by atoms with E-state index in [-0.39, 0.29) is 25.7 Å². The van der Waals surface area contributed by atoms with Crippen LogP contribution >= 0.6 is 0 Å². The highest BCUT2D eigenvalue weighted by Crippen LogP contribution is 2.35. The van der Waals surface area contributed by atoms with Gasteiger partial charge in [0.15, 0.2) is 6.79 Å². The van der Waals surface area contributed by atoms with Gasteiger partial charge in [0.05, 0.1) is 22.6 Å². The minimum absolute atomic E-state index is 0.0478. The molecule has 0 fully saturated rings. The molecular formula is C24H22N2O6. The molecule has 164 valence electrons. The van der Waals surface area contributed by atoms with Gasteiger partial charge in [0.2, 0.25) is 0 Å². The number of carbonyl (C=O) groups is 1. The van der Waals surface area contributed by atoms with Crippen molar-refractivity contribution in [2.24, 2.45) is 5.92 Å². The quantitative estimate of drug-likeness (QED) is 0.339. The zero-order chi connectivity index (χ0) is 22.2. The number of ether oxygens (including phenoxy) is 3. The van der Waals surface area contributed by atoms with E-state index in [1.807, 2.05) is 24.3 Å². The average molecular weight is 434 g/mol. The van der Waals surface area contributed by atoms with Gasteiger partial charge in [0, 0.05) is 34.3 Å². The number of hydrogen-bond acceptors (Lipinski definition) is 7. The van der Waals surface area contributed by atoms with Crippen molar-refractivity contribution in [1.82, 2.24) is 4.98 Å². The molecule has 0 bridgehead atoms. The van der Waals surface area contributed by atoms with E-state index < -0.39 is 10.9 Å². The summed E-state index contributed by atoms with van der Waals surface area (Å²) in [4.78, 5) is 29.0. The molecule has 1 aliphatic heterocycles. The average Bonchev–Trinajstić information content (AvgIpc) is 2.80. The fourth-order valence-electron chi connectivity index (χ4n) is 4.50. The highest BCUT2D eigenvalue weighted by atomic mass is 16.7. The number of fused-ring (bicyclic) bond motifs is 3. The van der Waals surface area contributed by atoms with Crippen LogP contribution in [0.5, 0.6) is 5.75 Å². The summed E-state index contributed by atoms with van der Waals surface area (Å²) in [5.41, 5.74) is 4.12. The second-order valence-electron chi connectivity index (χ2n) is 8.31. The Morgan fingerprint density at radius 3 is 3.00 bits per heavy atom. The van der Waals surface area contributed by atoms with Crippen molar-refractivity contribution in [3.63, 3.8) is 0 Å². The van der Waals surface area contributed by atoms with E-state index in [2.05, 4.69) is 6.92 Å². The van der Waals surface area contributed by atoms with Crippen molar-refractivity contribution in [3.8, 4) is 5.75 Å². The molecule has 8 nitrogen and oxygen atoms in total. The van der Waals surface area contributed by atoms with Crippen LogP contribution in [0.2, 0.25) is 0 Å². The summed E-state index contributed by atoms with van der Waals surface area (Å²) in [7, 11) is 0. The molecule has 1 aromatic heterocycles. The smallest absolute Gasteiger partial charge is 0.339 e. The van der Waals surface area contributed by atoms with Crippen LogP contribution in [0.25, 0.3) is 10.9 Å². The lowest BCUT2D eigenvalue weighted by atomic mass is 9.84. The lowest BCUT2D eigenvalue weighted by molar-refractivity contribution is -0.385. The maximum absolute atomic E-state index is 13.3. The highest BCUT2D eigenvalue weighted by molar-refractivity contribution is 6.05. The fraction of sp³-hybridized carbons (Fsp3) is 0.333. The minimum Gasteiger partial charge on any atom is -0.467 e. The molecule has 2 aliphatic rings. The van der Waals surface area contributed by atoms with E-state index in [0.29, 0.717) is 28.4 Å². The van der Waals surface area contributed by atoms with Crippen LogP contribution in [0.3, 0.4) is 0 Å². The number of nitrogens with zero attached hydrogens (tertiary/aromatic N) is 2. The molecule has 1 aliphatic carbocycles. The number of pyridine rings is 1. The van der Waals surface area contributed by atoms with Gasteiger partial charge < -0.3 is 14.2 Å². The molecule has 32 heavy (non-hydrogen) atoms. The molecule has 1 atom stereocenters. The number of esters is 1. The van der Waals surface area contributed by atoms with E-state index in [9.17, 15) is 14.9 Å². The third kappa shape index (κ3) is 3.67. The molecule has 3 aromatic rings. The Morgan fingerprint density at radius 1 is 1.31 bits per heavy atom. The molecule has 0 saturated carbocycles. The zero-order valence-corrected chi connectivity index (χ0v) is 17.6. The Balaban J connectivity index is 1.51. The van der Waals surface area contributed by atoms with Crippen LogP contribution in [0.1, 0.15) is 46.1 Å². The van der Waals surface area contributed by atoms with E-state index in [0.717, 1.165) is 41.4 Å². The van der Waals surface area contributed by atoms with Crippen LogP contribution in [-0.2, 0) is 35.5 Å². The van der Waals surface area contributed by atoms with Gasteiger partial charge in [-0.1, -0.05) is 25.1 Å². The van der Waals surface area contributed by atoms with Crippen molar-refractivity contribution in [2.75, 3.05) is 6.79 Å². The number of non-ortho nitro benzene ring substituents is 1. The molecule has 0 N–H and O–H groups in total. The molecule has 2 aromatic carbocycles. The van der Waals surface area contributed by atoms with Gasteiger partial charge in [-0.3, -0.25) is 15.1 Å². The summed E-state index contributed by atoms with van der Waals surface area (Å²) in [5.74, 6) is 0.473. The molecule has 0 spiro atoms. The second kappa shape index (κ2) is 8.20. The Kier molecular flexibility index (Phi) is 5.22. The highest BCUT2D eigenvalue weighted by Gasteiger charge is 2.27. The van der Waals surface area contributed by atoms with E-state index in [1.165, 1.54) is 12.1 Å². The molecule has 0 saturated heterocycles. The Labute approximate surface area is 184 Å². The predicted octanol–water partition coefficient (Wildman–Crippen LogP) is 4.49. The van der Waals surface area contributed by atoms with Crippen molar-refractivity contribution in [1.29, 1.82) is 0 Å². The van der Waals surface area contributed by atoms with Crippen molar-refractivity contribution < 1.29 is 23.9 Å². The maximum atomic E-state index is 13.3. The van der Waals surface area contributed by atoms with Gasteiger partial charge >= 0.3 is 5.97 Å². The normalized spacial score (nSPS) is 17.2. The summed E-state index contributed by atoms with van der Waals surface area (Å²) in [6, 6.07) is 10.4. The third-order valence-electron chi connectivity index (χ3n) is 6.05. The number of hydrogen-bond donors (Lipinski definition) is 0. The topological polar surface area (TPSA) is 101 Å². The minimum atomic E-state index is -0.478. The van der Waals surface area contributed by atoms with Crippen molar-refractivity contribution in [2.45, 2.75) is 39.4 Å². The number of nitro groups is 1. The molecule has 0 radical (unpaired) electrons. The first-order valence-corrected chi connectivity index (χ1v) is 10.6. The summed E-state index contributed by atoms with van der Waals surface area (Å²) in [5, 5.41) is 12.1. The molecule has 1 unspecified atom stereocenters. The SMILES string of the molecule is CC1CCc2nc3ccccc3c(C(=O)OCc3cc([N+](=O)[O-])cc4c3OCOC4)c2C1. The predicted molar refractivity (Wildman–Crippen MR) is 115 cm³/mol. The van der Waals surface area contributed by atoms with Gasteiger partial charge in [0.1, 0.15) is 12.4 Å². The lowest BCUT2D eigenvalue weighted by Gasteiger charge is -2.24. The van der Waals surface area contributed by atoms with Gasteiger partial charge in [-0.15, -0.1) is 0 Å². The number of carbonyl (C=O) groups excluding carboxylic acids is 1. The number of rotatable bonds is 4. The van der Waals surface area contributed by atoms with Gasteiger partial charge in [-0.2, -0.15) is 0 Å². The van der Waals surface area contributed by atoms with E-state index in [4.69, 9.17) is 19.2 Å². The standard InChI is InChI=1S/C24H22N2O6/c1-14-6-7-21-19(8-14)22(18-4-2-3-5-20(18)25-21)24(27)31-12-16-10-17(26(28)29)9-15-11-30-13-32-23(15)16/h2-5,9-10,14H,6-8,11-13H2,1H3. The molecular weight excluding hydrogens is 412 g/mol. The number of aromatic nitrogens is 1. The molecule has 5 rings (SSSR count). The van der Waals surface area contributed by atoms with E-state index in [1.54, 1.807) is 0 Å². The summed E-state index contributed by atoms with van der Waals surface area (Å²) >= 11 is 0. The number of aryl methyl sites for hydroxylation is 1. The van der Waals surface area contributed by atoms with E-state index >= 15 is 0 Å². The Morgan fingerprint density at radius 2 is 2.16 bits per heavy atom. The zero-order valence-electron chi connectivity index (χ0n) is 17.6. The summed E-state index contributed by atoms with van der Waals surface area (Å²) < 4.78 is 16.5. The number of nitro benzene ring substituents is 1. The Hall–Kier alpha value is -3.52.